The minimum Gasteiger partial charge on any atom is -0.446 e. The fourth-order valence-corrected chi connectivity index (χ4v) is 5.12. The predicted molar refractivity (Wildman–Crippen MR) is 206 cm³/mol. The van der Waals surface area contributed by atoms with Crippen molar-refractivity contribution in [2.75, 3.05) is 46.0 Å². The molecule has 14 heteroatoms. The predicted octanol–water partition coefficient (Wildman–Crippen LogP) is 8.53. The Labute approximate surface area is 304 Å². The molecule has 276 valence electrons. The summed E-state index contributed by atoms with van der Waals surface area (Å²) in [6.45, 7) is 11.7. The lowest BCUT2D eigenvalue weighted by Crippen LogP contribution is -2.41. The SMILES string of the molecule is CCCCC(C)OC(=O)Nc1ccc(C)c(NC(=O)NCC(C)OCC(C)NC(=O)Nc2ccc(C)c(NC(=O)Nc3ccc(SC)cc3)c2)c1. The van der Waals surface area contributed by atoms with Gasteiger partial charge in [0.1, 0.15) is 6.10 Å². The zero-order chi connectivity index (χ0) is 37.3. The number of aryl methyl sites for hydroxylation is 2. The van der Waals surface area contributed by atoms with Gasteiger partial charge >= 0.3 is 24.2 Å². The fraction of sp³-hybridized carbons (Fsp3) is 0.405. The van der Waals surface area contributed by atoms with E-state index in [-0.39, 0.29) is 31.4 Å². The van der Waals surface area contributed by atoms with Crippen LogP contribution in [0.4, 0.5) is 47.6 Å². The van der Waals surface area contributed by atoms with Gasteiger partial charge in [0.2, 0.25) is 0 Å². The Bertz CT molecular complexity index is 1620. The topological polar surface area (TPSA) is 171 Å². The van der Waals surface area contributed by atoms with Gasteiger partial charge in [-0.15, -0.1) is 11.8 Å². The van der Waals surface area contributed by atoms with Gasteiger partial charge in [-0.25, -0.2) is 19.2 Å². The molecule has 0 fully saturated rings. The zero-order valence-corrected chi connectivity index (χ0v) is 31.2. The molecule has 51 heavy (non-hydrogen) atoms. The molecule has 0 saturated heterocycles. The van der Waals surface area contributed by atoms with Crippen LogP contribution < -0.4 is 37.2 Å². The summed E-state index contributed by atoms with van der Waals surface area (Å²) < 4.78 is 11.2. The summed E-state index contributed by atoms with van der Waals surface area (Å²) in [5.41, 5.74) is 4.42. The number of carbonyl (C=O) groups is 4. The lowest BCUT2D eigenvalue weighted by molar-refractivity contribution is 0.0565. The standard InChI is InChI=1S/C37H51N7O6S/c1-8-9-10-26(5)50-37(48)42-30-14-12-23(2)32(20-30)43-34(45)38-21-27(6)49-22-25(4)39-35(46)41-29-13-11-24(3)33(19-29)44-36(47)40-28-15-17-31(51-7)18-16-28/h11-20,25-27H,8-10,21-22H2,1-7H3,(H,42,48)(H2,38,43,45)(H2,39,41,46)(H2,40,44,47). The van der Waals surface area contributed by atoms with E-state index in [2.05, 4.69) is 44.1 Å². The third-order valence-electron chi connectivity index (χ3n) is 7.65. The van der Waals surface area contributed by atoms with Gasteiger partial charge in [0.05, 0.1) is 18.8 Å². The van der Waals surface area contributed by atoms with E-state index in [1.807, 2.05) is 58.2 Å². The second kappa shape index (κ2) is 20.7. The molecule has 0 radical (unpaired) electrons. The number of benzene rings is 3. The Morgan fingerprint density at radius 3 is 1.88 bits per heavy atom. The van der Waals surface area contributed by atoms with Crippen molar-refractivity contribution >= 4 is 64.4 Å². The van der Waals surface area contributed by atoms with E-state index in [4.69, 9.17) is 9.47 Å². The Balaban J connectivity index is 1.39. The van der Waals surface area contributed by atoms with Crippen molar-refractivity contribution in [1.29, 1.82) is 0 Å². The highest BCUT2D eigenvalue weighted by atomic mass is 32.2. The van der Waals surface area contributed by atoms with E-state index >= 15 is 0 Å². The van der Waals surface area contributed by atoms with Gasteiger partial charge in [-0.1, -0.05) is 31.9 Å². The highest BCUT2D eigenvalue weighted by Crippen LogP contribution is 2.23. The number of amides is 7. The molecule has 0 aliphatic rings. The second-order valence-corrected chi connectivity index (χ2v) is 13.2. The number of hydrogen-bond donors (Lipinski definition) is 7. The molecule has 3 unspecified atom stereocenters. The number of urea groups is 3. The van der Waals surface area contributed by atoms with Crippen molar-refractivity contribution in [3.63, 3.8) is 0 Å². The number of anilines is 5. The summed E-state index contributed by atoms with van der Waals surface area (Å²) in [7, 11) is 0. The van der Waals surface area contributed by atoms with Crippen LogP contribution in [0.1, 0.15) is 58.1 Å². The molecule has 0 spiro atoms. The molecule has 0 aromatic heterocycles. The molecule has 3 aromatic rings. The number of rotatable bonds is 16. The number of unbranched alkanes of at least 4 members (excludes halogenated alkanes) is 1. The summed E-state index contributed by atoms with van der Waals surface area (Å²) >= 11 is 1.62. The lowest BCUT2D eigenvalue weighted by atomic mass is 10.2. The molecule has 3 rings (SSSR count). The maximum atomic E-state index is 12.7. The van der Waals surface area contributed by atoms with Crippen molar-refractivity contribution in [3.05, 3.63) is 71.8 Å². The van der Waals surface area contributed by atoms with Crippen LogP contribution in [0.3, 0.4) is 0 Å². The van der Waals surface area contributed by atoms with Crippen LogP contribution in [0.2, 0.25) is 0 Å². The smallest absolute Gasteiger partial charge is 0.411 e. The van der Waals surface area contributed by atoms with Gasteiger partial charge in [-0.3, -0.25) is 5.32 Å². The normalized spacial score (nSPS) is 12.5. The van der Waals surface area contributed by atoms with Crippen molar-refractivity contribution in [1.82, 2.24) is 10.6 Å². The first-order valence-electron chi connectivity index (χ1n) is 17.0. The average Bonchev–Trinajstić information content (AvgIpc) is 3.08. The van der Waals surface area contributed by atoms with Crippen molar-refractivity contribution in [3.8, 4) is 0 Å². The third kappa shape index (κ3) is 14.8. The quantitative estimate of drug-likeness (QED) is 0.0727. The van der Waals surface area contributed by atoms with E-state index in [0.717, 1.165) is 35.3 Å². The monoisotopic (exact) mass is 721 g/mol. The number of ether oxygens (including phenoxy) is 2. The van der Waals surface area contributed by atoms with E-state index in [9.17, 15) is 19.2 Å². The first kappa shape index (κ1) is 40.5. The molecule has 7 N–H and O–H groups in total. The maximum Gasteiger partial charge on any atom is 0.411 e. The maximum absolute atomic E-state index is 12.7. The first-order chi connectivity index (χ1) is 24.3. The molecule has 0 bridgehead atoms. The molecule has 13 nitrogen and oxygen atoms in total. The van der Waals surface area contributed by atoms with Crippen molar-refractivity contribution < 1.29 is 28.7 Å². The minimum absolute atomic E-state index is 0.189. The summed E-state index contributed by atoms with van der Waals surface area (Å²) in [5.74, 6) is 0. The van der Waals surface area contributed by atoms with Gasteiger partial charge in [0, 0.05) is 39.9 Å². The van der Waals surface area contributed by atoms with E-state index < -0.39 is 24.2 Å². The number of thioether (sulfide) groups is 1. The van der Waals surface area contributed by atoms with Crippen LogP contribution in [-0.2, 0) is 9.47 Å². The van der Waals surface area contributed by atoms with E-state index in [1.165, 1.54) is 0 Å². The van der Waals surface area contributed by atoms with Crippen LogP contribution in [0.5, 0.6) is 0 Å². The summed E-state index contributed by atoms with van der Waals surface area (Å²) in [5, 5.41) is 19.5. The largest absolute Gasteiger partial charge is 0.446 e. The van der Waals surface area contributed by atoms with Crippen LogP contribution >= 0.6 is 11.8 Å². The first-order valence-corrected chi connectivity index (χ1v) is 18.2. The summed E-state index contributed by atoms with van der Waals surface area (Å²) in [6.07, 6.45) is 3.71. The molecular weight excluding hydrogens is 671 g/mol. The van der Waals surface area contributed by atoms with Gasteiger partial charge in [-0.2, -0.15) is 0 Å². The number of hydrogen-bond acceptors (Lipinski definition) is 7. The summed E-state index contributed by atoms with van der Waals surface area (Å²) in [6, 6.07) is 16.4. The van der Waals surface area contributed by atoms with Crippen LogP contribution in [0, 0.1) is 13.8 Å². The fourth-order valence-electron chi connectivity index (χ4n) is 4.71. The molecule has 0 aliphatic carbocycles. The Morgan fingerprint density at radius 1 is 0.706 bits per heavy atom. The second-order valence-electron chi connectivity index (χ2n) is 12.3. The Kier molecular flexibility index (Phi) is 16.4. The van der Waals surface area contributed by atoms with Gasteiger partial charge in [-0.05, 0) is 107 Å². The van der Waals surface area contributed by atoms with Gasteiger partial charge in [0.25, 0.3) is 0 Å². The van der Waals surface area contributed by atoms with Crippen LogP contribution in [0.25, 0.3) is 0 Å². The van der Waals surface area contributed by atoms with Gasteiger partial charge in [0.15, 0.2) is 0 Å². The van der Waals surface area contributed by atoms with Gasteiger partial charge < -0.3 is 41.4 Å². The molecule has 7 amide bonds. The van der Waals surface area contributed by atoms with E-state index in [1.54, 1.807) is 55.1 Å². The number of carbonyl (C=O) groups excluding carboxylic acids is 4. The van der Waals surface area contributed by atoms with Crippen molar-refractivity contribution in [2.45, 2.75) is 84.0 Å². The lowest BCUT2D eigenvalue weighted by Gasteiger charge is -2.19. The average molecular weight is 722 g/mol. The highest BCUT2D eigenvalue weighted by Gasteiger charge is 2.14. The Hall–Kier alpha value is -4.95. The highest BCUT2D eigenvalue weighted by molar-refractivity contribution is 7.98. The zero-order valence-electron chi connectivity index (χ0n) is 30.4. The molecule has 0 heterocycles. The minimum atomic E-state index is -0.544. The van der Waals surface area contributed by atoms with Crippen LogP contribution in [-0.4, -0.2) is 61.8 Å². The molecule has 3 aromatic carbocycles. The van der Waals surface area contributed by atoms with Crippen molar-refractivity contribution in [2.24, 2.45) is 0 Å². The summed E-state index contributed by atoms with van der Waals surface area (Å²) in [4.78, 5) is 51.3. The third-order valence-corrected chi connectivity index (χ3v) is 8.40. The molecule has 0 saturated carbocycles. The molecule has 0 aliphatic heterocycles. The molecule has 3 atom stereocenters. The Morgan fingerprint density at radius 2 is 1.27 bits per heavy atom. The van der Waals surface area contributed by atoms with Crippen LogP contribution in [0.15, 0.2) is 65.6 Å². The number of nitrogens with one attached hydrogen (secondary N) is 7. The molecular formula is C37H51N7O6S. The van der Waals surface area contributed by atoms with E-state index in [0.29, 0.717) is 28.4 Å².